The molecular formula is C14H12BrFOS. The maximum absolute atomic E-state index is 13.4. The monoisotopic (exact) mass is 326 g/mol. The number of hydrogen-bond donors (Lipinski definition) is 0. The van der Waals surface area contributed by atoms with Gasteiger partial charge in [-0.05, 0) is 30.5 Å². The third-order valence-electron chi connectivity index (χ3n) is 2.47. The normalized spacial score (nSPS) is 10.4. The molecule has 0 saturated carbocycles. The summed E-state index contributed by atoms with van der Waals surface area (Å²) in [6, 6.07) is 12.4. The van der Waals surface area contributed by atoms with E-state index in [-0.39, 0.29) is 12.4 Å². The van der Waals surface area contributed by atoms with Crippen LogP contribution in [0.2, 0.25) is 0 Å². The molecule has 1 nitrogen and oxygen atoms in total. The zero-order chi connectivity index (χ0) is 13.0. The predicted molar refractivity (Wildman–Crippen MR) is 76.7 cm³/mol. The van der Waals surface area contributed by atoms with Crippen LogP contribution in [0.3, 0.4) is 0 Å². The fourth-order valence-electron chi connectivity index (χ4n) is 1.53. The Morgan fingerprint density at radius 1 is 1.22 bits per heavy atom. The van der Waals surface area contributed by atoms with Gasteiger partial charge in [-0.3, -0.25) is 0 Å². The fraction of sp³-hybridized carbons (Fsp3) is 0.143. The Balaban J connectivity index is 2.13. The van der Waals surface area contributed by atoms with E-state index < -0.39 is 0 Å². The SMILES string of the molecule is CSc1cc(Br)ccc1OCc1ccccc1F. The number of hydrogen-bond acceptors (Lipinski definition) is 2. The smallest absolute Gasteiger partial charge is 0.133 e. The van der Waals surface area contributed by atoms with Gasteiger partial charge in [0, 0.05) is 10.0 Å². The fourth-order valence-corrected chi connectivity index (χ4v) is 2.62. The standard InChI is InChI=1S/C14H12BrFOS/c1-18-14-8-11(15)6-7-13(14)17-9-10-4-2-3-5-12(10)16/h2-8H,9H2,1H3. The molecule has 0 unspecified atom stereocenters. The first-order valence-corrected chi connectivity index (χ1v) is 7.42. The topological polar surface area (TPSA) is 9.23 Å². The van der Waals surface area contributed by atoms with Gasteiger partial charge in [0.05, 0.1) is 4.90 Å². The van der Waals surface area contributed by atoms with Crippen LogP contribution in [0.5, 0.6) is 5.75 Å². The van der Waals surface area contributed by atoms with E-state index in [1.165, 1.54) is 6.07 Å². The lowest BCUT2D eigenvalue weighted by atomic mass is 10.2. The van der Waals surface area contributed by atoms with Gasteiger partial charge < -0.3 is 4.74 Å². The first-order chi connectivity index (χ1) is 8.70. The molecule has 94 valence electrons. The van der Waals surface area contributed by atoms with Crippen LogP contribution >= 0.6 is 27.7 Å². The number of ether oxygens (including phenoxy) is 1. The lowest BCUT2D eigenvalue weighted by Crippen LogP contribution is -1.99. The summed E-state index contributed by atoms with van der Waals surface area (Å²) in [5, 5.41) is 0. The summed E-state index contributed by atoms with van der Waals surface area (Å²) in [6.07, 6.45) is 1.98. The molecule has 0 bridgehead atoms. The molecule has 0 aromatic heterocycles. The van der Waals surface area contributed by atoms with Crippen molar-refractivity contribution in [2.24, 2.45) is 0 Å². The van der Waals surface area contributed by atoms with E-state index in [0.717, 1.165) is 15.1 Å². The molecule has 0 N–H and O–H groups in total. The molecule has 0 radical (unpaired) electrons. The molecule has 0 spiro atoms. The van der Waals surface area contributed by atoms with E-state index in [1.807, 2.05) is 24.5 Å². The van der Waals surface area contributed by atoms with E-state index in [0.29, 0.717) is 5.56 Å². The Morgan fingerprint density at radius 3 is 2.72 bits per heavy atom. The van der Waals surface area contributed by atoms with Gasteiger partial charge in [-0.25, -0.2) is 4.39 Å². The Bertz CT molecular complexity index is 545. The highest BCUT2D eigenvalue weighted by atomic mass is 79.9. The van der Waals surface area contributed by atoms with Crippen LogP contribution in [0.25, 0.3) is 0 Å². The van der Waals surface area contributed by atoms with Crippen LogP contribution in [0.15, 0.2) is 51.8 Å². The number of rotatable bonds is 4. The molecule has 0 fully saturated rings. The van der Waals surface area contributed by atoms with Crippen molar-refractivity contribution in [1.82, 2.24) is 0 Å². The summed E-state index contributed by atoms with van der Waals surface area (Å²) in [5.41, 5.74) is 0.562. The van der Waals surface area contributed by atoms with Crippen molar-refractivity contribution in [2.75, 3.05) is 6.26 Å². The Labute approximate surface area is 118 Å². The largest absolute Gasteiger partial charge is 0.488 e. The quantitative estimate of drug-likeness (QED) is 0.740. The molecule has 4 heteroatoms. The van der Waals surface area contributed by atoms with Crippen LogP contribution in [0.4, 0.5) is 4.39 Å². The minimum atomic E-state index is -0.236. The molecule has 0 atom stereocenters. The van der Waals surface area contributed by atoms with E-state index in [2.05, 4.69) is 15.9 Å². The van der Waals surface area contributed by atoms with Crippen molar-refractivity contribution in [3.8, 4) is 5.75 Å². The van der Waals surface area contributed by atoms with Crippen molar-refractivity contribution in [1.29, 1.82) is 0 Å². The average Bonchev–Trinajstić information content (AvgIpc) is 2.39. The van der Waals surface area contributed by atoms with E-state index in [4.69, 9.17) is 4.74 Å². The summed E-state index contributed by atoms with van der Waals surface area (Å²) >= 11 is 5.02. The van der Waals surface area contributed by atoms with Gasteiger partial charge in [0.15, 0.2) is 0 Å². The van der Waals surface area contributed by atoms with Gasteiger partial charge in [-0.1, -0.05) is 34.1 Å². The van der Waals surface area contributed by atoms with Crippen molar-refractivity contribution >= 4 is 27.7 Å². The summed E-state index contributed by atoms with van der Waals surface area (Å²) in [5.74, 6) is 0.536. The molecule has 0 heterocycles. The van der Waals surface area contributed by atoms with Crippen LogP contribution in [0, 0.1) is 5.82 Å². The van der Waals surface area contributed by atoms with Gasteiger partial charge >= 0.3 is 0 Å². The molecule has 0 aliphatic carbocycles. The third kappa shape index (κ3) is 3.27. The van der Waals surface area contributed by atoms with Crippen LogP contribution in [0.1, 0.15) is 5.56 Å². The van der Waals surface area contributed by atoms with Crippen LogP contribution < -0.4 is 4.74 Å². The third-order valence-corrected chi connectivity index (χ3v) is 3.72. The summed E-state index contributed by atoms with van der Waals surface area (Å²) < 4.78 is 20.1. The highest BCUT2D eigenvalue weighted by Gasteiger charge is 2.06. The Kier molecular flexibility index (Phi) is 4.66. The number of halogens is 2. The molecule has 2 aromatic carbocycles. The maximum Gasteiger partial charge on any atom is 0.133 e. The second kappa shape index (κ2) is 6.25. The zero-order valence-corrected chi connectivity index (χ0v) is 12.2. The molecule has 0 amide bonds. The molecule has 0 aliphatic heterocycles. The molecular weight excluding hydrogens is 315 g/mol. The first-order valence-electron chi connectivity index (χ1n) is 5.40. The first kappa shape index (κ1) is 13.4. The lowest BCUT2D eigenvalue weighted by Gasteiger charge is -2.10. The van der Waals surface area contributed by atoms with E-state index in [9.17, 15) is 4.39 Å². The zero-order valence-electron chi connectivity index (χ0n) is 9.82. The number of thioether (sulfide) groups is 1. The second-order valence-corrected chi connectivity index (χ2v) is 5.44. The van der Waals surface area contributed by atoms with Gasteiger partial charge in [0.1, 0.15) is 18.2 Å². The summed E-state index contributed by atoms with van der Waals surface area (Å²) in [6.45, 7) is 0.238. The Morgan fingerprint density at radius 2 is 2.00 bits per heavy atom. The van der Waals surface area contributed by atoms with E-state index in [1.54, 1.807) is 30.0 Å². The highest BCUT2D eigenvalue weighted by molar-refractivity contribution is 9.10. The van der Waals surface area contributed by atoms with Crippen molar-refractivity contribution in [2.45, 2.75) is 11.5 Å². The number of benzene rings is 2. The lowest BCUT2D eigenvalue weighted by molar-refractivity contribution is 0.293. The van der Waals surface area contributed by atoms with Gasteiger partial charge in [-0.2, -0.15) is 0 Å². The second-order valence-electron chi connectivity index (χ2n) is 3.68. The molecule has 2 aromatic rings. The van der Waals surface area contributed by atoms with Crippen molar-refractivity contribution in [3.63, 3.8) is 0 Å². The minimum Gasteiger partial charge on any atom is -0.488 e. The van der Waals surface area contributed by atoms with Crippen LogP contribution in [-0.4, -0.2) is 6.26 Å². The predicted octanol–water partition coefficient (Wildman–Crippen LogP) is 4.89. The highest BCUT2D eigenvalue weighted by Crippen LogP contribution is 2.31. The minimum absolute atomic E-state index is 0.236. The molecule has 0 saturated heterocycles. The molecule has 18 heavy (non-hydrogen) atoms. The van der Waals surface area contributed by atoms with E-state index >= 15 is 0 Å². The summed E-state index contributed by atoms with van der Waals surface area (Å²) in [7, 11) is 0. The van der Waals surface area contributed by atoms with Gasteiger partial charge in [-0.15, -0.1) is 11.8 Å². The van der Waals surface area contributed by atoms with Crippen molar-refractivity contribution in [3.05, 3.63) is 58.3 Å². The Hall–Kier alpha value is -1.00. The van der Waals surface area contributed by atoms with Gasteiger partial charge in [0.25, 0.3) is 0 Å². The average molecular weight is 327 g/mol. The molecule has 0 aliphatic rings. The van der Waals surface area contributed by atoms with Gasteiger partial charge in [0.2, 0.25) is 0 Å². The van der Waals surface area contributed by atoms with Crippen molar-refractivity contribution < 1.29 is 9.13 Å². The molecule has 2 rings (SSSR count). The maximum atomic E-state index is 13.4. The van der Waals surface area contributed by atoms with Crippen LogP contribution in [-0.2, 0) is 6.61 Å². The summed E-state index contributed by atoms with van der Waals surface area (Å²) in [4.78, 5) is 1.03.